The van der Waals surface area contributed by atoms with Crippen LogP contribution in [0, 0.1) is 5.82 Å². The molecule has 19 heavy (non-hydrogen) atoms. The third-order valence-corrected chi connectivity index (χ3v) is 2.79. The molecule has 0 spiro atoms. The molecule has 1 nitrogen and oxygen atoms in total. The Morgan fingerprint density at radius 3 is 2.11 bits per heavy atom. The van der Waals surface area contributed by atoms with E-state index in [-0.39, 0.29) is 11.1 Å². The molecule has 0 saturated carbocycles. The normalized spacial score (nSPS) is 11.6. The smallest absolute Gasteiger partial charge is 0.392 e. The van der Waals surface area contributed by atoms with Crippen LogP contribution in [0.3, 0.4) is 0 Å². The van der Waals surface area contributed by atoms with Crippen molar-refractivity contribution in [2.24, 2.45) is 0 Å². The highest BCUT2D eigenvalue weighted by molar-refractivity contribution is 5.69. The first-order chi connectivity index (χ1) is 8.93. The number of aliphatic hydroxyl groups is 1. The molecule has 0 aromatic heterocycles. The number of rotatable bonds is 2. The maximum absolute atomic E-state index is 12.8. The van der Waals surface area contributed by atoms with Crippen LogP contribution in [0.2, 0.25) is 0 Å². The molecule has 2 aromatic carbocycles. The van der Waals surface area contributed by atoms with Gasteiger partial charge >= 0.3 is 6.18 Å². The number of halogens is 4. The van der Waals surface area contributed by atoms with E-state index < -0.39 is 24.2 Å². The van der Waals surface area contributed by atoms with Gasteiger partial charge in [0.2, 0.25) is 0 Å². The van der Waals surface area contributed by atoms with E-state index in [0.29, 0.717) is 5.56 Å². The van der Waals surface area contributed by atoms with Gasteiger partial charge in [-0.05, 0) is 34.9 Å². The highest BCUT2D eigenvalue weighted by Crippen LogP contribution is 2.36. The zero-order valence-corrected chi connectivity index (χ0v) is 9.71. The summed E-state index contributed by atoms with van der Waals surface area (Å²) in [6.45, 7) is -0.734. The number of aliphatic hydroxyl groups excluding tert-OH is 1. The first-order valence-corrected chi connectivity index (χ1v) is 5.49. The van der Waals surface area contributed by atoms with Crippen LogP contribution in [-0.2, 0) is 12.8 Å². The first-order valence-electron chi connectivity index (χ1n) is 5.49. The first kappa shape index (κ1) is 13.5. The average Bonchev–Trinajstić information content (AvgIpc) is 2.37. The van der Waals surface area contributed by atoms with Crippen LogP contribution in [-0.4, -0.2) is 5.11 Å². The van der Waals surface area contributed by atoms with Gasteiger partial charge in [0.1, 0.15) is 5.82 Å². The molecule has 1 N–H and O–H groups in total. The molecule has 0 amide bonds. The number of hydrogen-bond acceptors (Lipinski definition) is 1. The lowest BCUT2D eigenvalue weighted by atomic mass is 9.95. The molecular formula is C14H10F4O. The Bertz CT molecular complexity index is 573. The van der Waals surface area contributed by atoms with Crippen LogP contribution in [0.25, 0.3) is 11.1 Å². The summed E-state index contributed by atoms with van der Waals surface area (Å²) < 4.78 is 51.3. The molecule has 0 saturated heterocycles. The van der Waals surface area contributed by atoms with Crippen molar-refractivity contribution in [3.63, 3.8) is 0 Å². The molecule has 5 heteroatoms. The highest BCUT2D eigenvalue weighted by atomic mass is 19.4. The lowest BCUT2D eigenvalue weighted by Crippen LogP contribution is -2.10. The van der Waals surface area contributed by atoms with E-state index in [4.69, 9.17) is 0 Å². The van der Waals surface area contributed by atoms with E-state index >= 15 is 0 Å². The number of hydrogen-bond donors (Lipinski definition) is 1. The monoisotopic (exact) mass is 270 g/mol. The largest absolute Gasteiger partial charge is 0.416 e. The summed E-state index contributed by atoms with van der Waals surface area (Å²) in [5.74, 6) is -0.471. The molecule has 0 aliphatic rings. The molecule has 100 valence electrons. The molecule has 0 bridgehead atoms. The number of alkyl halides is 3. The van der Waals surface area contributed by atoms with Gasteiger partial charge in [0, 0.05) is 0 Å². The van der Waals surface area contributed by atoms with Gasteiger partial charge in [-0.2, -0.15) is 13.2 Å². The van der Waals surface area contributed by atoms with Gasteiger partial charge in [-0.1, -0.05) is 24.3 Å². The Morgan fingerprint density at radius 2 is 1.58 bits per heavy atom. The van der Waals surface area contributed by atoms with E-state index in [1.54, 1.807) is 0 Å². The average molecular weight is 270 g/mol. The molecule has 0 fully saturated rings. The van der Waals surface area contributed by atoms with Crippen LogP contribution in [0.5, 0.6) is 0 Å². The molecule has 0 aliphatic heterocycles. The van der Waals surface area contributed by atoms with Crippen LogP contribution in [0.4, 0.5) is 17.6 Å². The highest BCUT2D eigenvalue weighted by Gasteiger charge is 2.33. The van der Waals surface area contributed by atoms with Gasteiger partial charge in [0.15, 0.2) is 0 Å². The second-order valence-corrected chi connectivity index (χ2v) is 3.99. The molecular weight excluding hydrogens is 260 g/mol. The molecule has 2 rings (SSSR count). The zero-order chi connectivity index (χ0) is 14.0. The van der Waals surface area contributed by atoms with Gasteiger partial charge in [0.05, 0.1) is 12.2 Å². The Labute approximate surface area is 107 Å². The molecule has 0 radical (unpaired) electrons. The van der Waals surface area contributed by atoms with Gasteiger partial charge in [-0.15, -0.1) is 0 Å². The predicted octanol–water partition coefficient (Wildman–Crippen LogP) is 4.00. The summed E-state index contributed by atoms with van der Waals surface area (Å²) in [6.07, 6.45) is -4.53. The van der Waals surface area contributed by atoms with Crippen molar-refractivity contribution < 1.29 is 22.7 Å². The predicted molar refractivity (Wildman–Crippen MR) is 62.8 cm³/mol. The van der Waals surface area contributed by atoms with Crippen LogP contribution in [0.15, 0.2) is 42.5 Å². The summed E-state index contributed by atoms with van der Waals surface area (Å²) in [5, 5.41) is 9.20. The second-order valence-electron chi connectivity index (χ2n) is 3.99. The quantitative estimate of drug-likeness (QED) is 0.818. The fourth-order valence-corrected chi connectivity index (χ4v) is 1.92. The summed E-state index contributed by atoms with van der Waals surface area (Å²) in [5.41, 5.74) is -0.410. The molecule has 2 aromatic rings. The Hall–Kier alpha value is -1.88. The van der Waals surface area contributed by atoms with E-state index in [9.17, 15) is 22.7 Å². The summed E-state index contributed by atoms with van der Waals surface area (Å²) in [7, 11) is 0. The van der Waals surface area contributed by atoms with Gasteiger partial charge in [-0.3, -0.25) is 0 Å². The lowest BCUT2D eigenvalue weighted by molar-refractivity contribution is -0.138. The minimum atomic E-state index is -4.53. The van der Waals surface area contributed by atoms with Crippen molar-refractivity contribution in [1.29, 1.82) is 0 Å². The minimum Gasteiger partial charge on any atom is -0.392 e. The topological polar surface area (TPSA) is 20.2 Å². The summed E-state index contributed by atoms with van der Waals surface area (Å²) in [4.78, 5) is 0. The lowest BCUT2D eigenvalue weighted by Gasteiger charge is -2.15. The van der Waals surface area contributed by atoms with Crippen molar-refractivity contribution in [2.75, 3.05) is 0 Å². The second kappa shape index (κ2) is 5.01. The van der Waals surface area contributed by atoms with E-state index in [1.807, 2.05) is 0 Å². The molecule has 0 atom stereocenters. The van der Waals surface area contributed by atoms with E-state index in [2.05, 4.69) is 0 Å². The van der Waals surface area contributed by atoms with Crippen LogP contribution < -0.4 is 0 Å². The minimum absolute atomic E-state index is 0.207. The molecule has 0 heterocycles. The third kappa shape index (κ3) is 2.76. The fraction of sp³-hybridized carbons (Fsp3) is 0.143. The van der Waals surface area contributed by atoms with Crippen molar-refractivity contribution in [3.05, 3.63) is 59.4 Å². The third-order valence-electron chi connectivity index (χ3n) is 2.79. The fourth-order valence-electron chi connectivity index (χ4n) is 1.92. The maximum atomic E-state index is 12.8. The van der Waals surface area contributed by atoms with Crippen molar-refractivity contribution >= 4 is 0 Å². The summed E-state index contributed by atoms with van der Waals surface area (Å²) in [6, 6.07) is 8.73. The van der Waals surface area contributed by atoms with Crippen LogP contribution >= 0.6 is 0 Å². The van der Waals surface area contributed by atoms with Crippen LogP contribution in [0.1, 0.15) is 11.1 Å². The van der Waals surface area contributed by atoms with E-state index in [0.717, 1.165) is 18.2 Å². The van der Waals surface area contributed by atoms with Crippen molar-refractivity contribution in [1.82, 2.24) is 0 Å². The zero-order valence-electron chi connectivity index (χ0n) is 9.71. The Morgan fingerprint density at radius 1 is 0.947 bits per heavy atom. The standard InChI is InChI=1S/C14H10F4O/c15-10-6-4-9(5-7-10)11-2-1-3-13(12(11)8-19)14(16,17)18/h1-7,19H,8H2. The van der Waals surface area contributed by atoms with E-state index in [1.165, 1.54) is 24.3 Å². The van der Waals surface area contributed by atoms with Crippen molar-refractivity contribution in [3.8, 4) is 11.1 Å². The Balaban J connectivity index is 2.61. The SMILES string of the molecule is OCc1c(-c2ccc(F)cc2)cccc1C(F)(F)F. The maximum Gasteiger partial charge on any atom is 0.416 e. The summed E-state index contributed by atoms with van der Waals surface area (Å²) >= 11 is 0. The molecule has 0 unspecified atom stereocenters. The van der Waals surface area contributed by atoms with Gasteiger partial charge in [0.25, 0.3) is 0 Å². The van der Waals surface area contributed by atoms with Crippen molar-refractivity contribution in [2.45, 2.75) is 12.8 Å². The van der Waals surface area contributed by atoms with Gasteiger partial charge in [-0.25, -0.2) is 4.39 Å². The molecule has 0 aliphatic carbocycles. The number of benzene rings is 2. The van der Waals surface area contributed by atoms with Gasteiger partial charge < -0.3 is 5.11 Å². The Kier molecular flexibility index (Phi) is 3.57.